The summed E-state index contributed by atoms with van der Waals surface area (Å²) in [6, 6.07) is 6.68. The molecule has 0 amide bonds. The lowest BCUT2D eigenvalue weighted by Crippen LogP contribution is -2.33. The maximum Gasteiger partial charge on any atom is 0.573 e. The van der Waals surface area contributed by atoms with Crippen molar-refractivity contribution in [1.29, 1.82) is 0 Å². The van der Waals surface area contributed by atoms with Crippen LogP contribution in [0.4, 0.5) is 13.2 Å². The molecule has 5 heteroatoms. The fourth-order valence-electron chi connectivity index (χ4n) is 3.55. The van der Waals surface area contributed by atoms with Crippen LogP contribution in [-0.4, -0.2) is 12.4 Å². The molecule has 2 bridgehead atoms. The zero-order chi connectivity index (χ0) is 14.2. The third kappa shape index (κ3) is 3.26. The molecule has 0 heterocycles. The minimum absolute atomic E-state index is 0.166. The van der Waals surface area contributed by atoms with Crippen LogP contribution in [0.15, 0.2) is 24.3 Å². The number of hydrogen-bond donors (Lipinski definition) is 1. The van der Waals surface area contributed by atoms with Crippen LogP contribution in [0.25, 0.3) is 0 Å². The summed E-state index contributed by atoms with van der Waals surface area (Å²) >= 11 is 0. The van der Waals surface area contributed by atoms with Crippen LogP contribution in [0.5, 0.6) is 5.75 Å². The highest BCUT2D eigenvalue weighted by atomic mass is 19.4. The number of halogens is 3. The Bertz CT molecular complexity index is 457. The van der Waals surface area contributed by atoms with Crippen molar-refractivity contribution in [1.82, 2.24) is 5.32 Å². The van der Waals surface area contributed by atoms with E-state index in [2.05, 4.69) is 10.1 Å². The van der Waals surface area contributed by atoms with E-state index in [1.807, 2.05) is 0 Å². The van der Waals surface area contributed by atoms with Crippen LogP contribution >= 0.6 is 0 Å². The number of nitrogens with one attached hydrogen (secondary N) is 1. The van der Waals surface area contributed by atoms with Crippen molar-refractivity contribution >= 4 is 0 Å². The summed E-state index contributed by atoms with van der Waals surface area (Å²) < 4.78 is 40.0. The first-order valence-corrected chi connectivity index (χ1v) is 7.08. The molecular weight excluding hydrogens is 267 g/mol. The molecule has 3 rings (SSSR count). The van der Waals surface area contributed by atoms with Gasteiger partial charge in [0.1, 0.15) is 5.75 Å². The number of fused-ring (bicyclic) bond motifs is 2. The van der Waals surface area contributed by atoms with E-state index >= 15 is 0 Å². The minimum Gasteiger partial charge on any atom is -0.406 e. The number of alkyl halides is 3. The molecule has 2 aliphatic carbocycles. The molecule has 0 radical (unpaired) electrons. The van der Waals surface area contributed by atoms with E-state index in [1.165, 1.54) is 37.8 Å². The number of hydrogen-bond acceptors (Lipinski definition) is 2. The van der Waals surface area contributed by atoms with E-state index in [0.717, 1.165) is 17.4 Å². The average molecular weight is 285 g/mol. The molecule has 3 unspecified atom stereocenters. The largest absolute Gasteiger partial charge is 0.573 e. The zero-order valence-electron chi connectivity index (χ0n) is 11.1. The molecular formula is C15H18F3NO. The van der Waals surface area contributed by atoms with Gasteiger partial charge in [-0.05, 0) is 48.8 Å². The van der Waals surface area contributed by atoms with E-state index in [0.29, 0.717) is 12.6 Å². The standard InChI is InChI=1S/C15H18F3NO/c16-15(17,18)20-13-5-2-10(3-6-13)9-19-14-8-11-1-4-12(14)7-11/h2-3,5-6,11-12,14,19H,1,4,7-9H2. The predicted octanol–water partition coefficient (Wildman–Crippen LogP) is 3.86. The summed E-state index contributed by atoms with van der Waals surface area (Å²) in [6.07, 6.45) is 0.659. The van der Waals surface area contributed by atoms with Gasteiger partial charge in [-0.15, -0.1) is 13.2 Å². The molecule has 20 heavy (non-hydrogen) atoms. The van der Waals surface area contributed by atoms with Crippen molar-refractivity contribution in [3.63, 3.8) is 0 Å². The smallest absolute Gasteiger partial charge is 0.406 e. The lowest BCUT2D eigenvalue weighted by Gasteiger charge is -2.23. The van der Waals surface area contributed by atoms with Crippen molar-refractivity contribution < 1.29 is 17.9 Å². The lowest BCUT2D eigenvalue weighted by atomic mass is 9.95. The quantitative estimate of drug-likeness (QED) is 0.907. The van der Waals surface area contributed by atoms with Crippen LogP contribution in [0.2, 0.25) is 0 Å². The molecule has 0 aliphatic heterocycles. The Labute approximate surface area is 116 Å². The summed E-state index contributed by atoms with van der Waals surface area (Å²) in [5.41, 5.74) is 0.988. The first kappa shape index (κ1) is 13.7. The lowest BCUT2D eigenvalue weighted by molar-refractivity contribution is -0.274. The Kier molecular flexibility index (Phi) is 3.63. The maximum absolute atomic E-state index is 12.0. The number of benzene rings is 1. The van der Waals surface area contributed by atoms with Crippen molar-refractivity contribution in [3.05, 3.63) is 29.8 Å². The van der Waals surface area contributed by atoms with Gasteiger partial charge in [0.05, 0.1) is 0 Å². The fourth-order valence-corrected chi connectivity index (χ4v) is 3.55. The molecule has 2 saturated carbocycles. The molecule has 2 fully saturated rings. The van der Waals surface area contributed by atoms with Crippen LogP contribution in [0, 0.1) is 11.8 Å². The summed E-state index contributed by atoms with van der Waals surface area (Å²) in [7, 11) is 0. The Balaban J connectivity index is 1.51. The van der Waals surface area contributed by atoms with Gasteiger partial charge >= 0.3 is 6.36 Å². The van der Waals surface area contributed by atoms with Gasteiger partial charge in [0.25, 0.3) is 0 Å². The third-order valence-electron chi connectivity index (χ3n) is 4.46. The van der Waals surface area contributed by atoms with Crippen molar-refractivity contribution in [2.75, 3.05) is 0 Å². The first-order valence-electron chi connectivity index (χ1n) is 7.08. The van der Waals surface area contributed by atoms with E-state index in [1.54, 1.807) is 12.1 Å². The second-order valence-electron chi connectivity index (χ2n) is 5.85. The maximum atomic E-state index is 12.0. The molecule has 3 atom stereocenters. The second-order valence-corrected chi connectivity index (χ2v) is 5.85. The normalized spacial score (nSPS) is 28.9. The van der Waals surface area contributed by atoms with Gasteiger partial charge in [0.2, 0.25) is 0 Å². The molecule has 1 aromatic rings. The van der Waals surface area contributed by atoms with Gasteiger partial charge in [-0.2, -0.15) is 0 Å². The Hall–Kier alpha value is -1.23. The molecule has 2 nitrogen and oxygen atoms in total. The van der Waals surface area contributed by atoms with Gasteiger partial charge in [0, 0.05) is 12.6 Å². The second kappa shape index (κ2) is 5.28. The van der Waals surface area contributed by atoms with Gasteiger partial charge in [-0.1, -0.05) is 18.6 Å². The molecule has 1 N–H and O–H groups in total. The van der Waals surface area contributed by atoms with Crippen LogP contribution in [0.1, 0.15) is 31.2 Å². The van der Waals surface area contributed by atoms with Gasteiger partial charge < -0.3 is 10.1 Å². The molecule has 2 aliphatic rings. The minimum atomic E-state index is -4.62. The summed E-state index contributed by atoms with van der Waals surface area (Å²) in [6.45, 7) is 0.709. The highest BCUT2D eigenvalue weighted by Gasteiger charge is 2.38. The molecule has 110 valence electrons. The van der Waals surface area contributed by atoms with Crippen LogP contribution in [-0.2, 0) is 6.54 Å². The summed E-state index contributed by atoms with van der Waals surface area (Å²) in [5, 5.41) is 3.53. The molecule has 0 spiro atoms. The van der Waals surface area contributed by atoms with Crippen molar-refractivity contribution in [2.45, 2.75) is 44.6 Å². The Morgan fingerprint density at radius 1 is 1.10 bits per heavy atom. The van der Waals surface area contributed by atoms with E-state index < -0.39 is 6.36 Å². The third-order valence-corrected chi connectivity index (χ3v) is 4.46. The van der Waals surface area contributed by atoms with Crippen molar-refractivity contribution in [3.8, 4) is 5.75 Å². The number of ether oxygens (including phenoxy) is 1. The average Bonchev–Trinajstić information content (AvgIpc) is 2.98. The molecule has 0 saturated heterocycles. The summed E-state index contributed by atoms with van der Waals surface area (Å²) in [4.78, 5) is 0. The number of rotatable bonds is 4. The van der Waals surface area contributed by atoms with Gasteiger partial charge in [-0.25, -0.2) is 0 Å². The highest BCUT2D eigenvalue weighted by Crippen LogP contribution is 2.44. The van der Waals surface area contributed by atoms with Crippen molar-refractivity contribution in [2.24, 2.45) is 11.8 Å². The first-order chi connectivity index (χ1) is 9.49. The zero-order valence-corrected chi connectivity index (χ0v) is 11.1. The van der Waals surface area contributed by atoms with Crippen LogP contribution < -0.4 is 10.1 Å². The van der Waals surface area contributed by atoms with Gasteiger partial charge in [0.15, 0.2) is 0 Å². The SMILES string of the molecule is FC(F)(F)Oc1ccc(CNC2CC3CCC2C3)cc1. The van der Waals surface area contributed by atoms with Crippen LogP contribution in [0.3, 0.4) is 0 Å². The Morgan fingerprint density at radius 3 is 2.40 bits per heavy atom. The molecule has 0 aromatic heterocycles. The van der Waals surface area contributed by atoms with Gasteiger partial charge in [-0.3, -0.25) is 0 Å². The molecule has 1 aromatic carbocycles. The Morgan fingerprint density at radius 2 is 1.85 bits per heavy atom. The summed E-state index contributed by atoms with van der Waals surface area (Å²) in [5.74, 6) is 1.52. The highest BCUT2D eigenvalue weighted by molar-refractivity contribution is 5.27. The van der Waals surface area contributed by atoms with E-state index in [4.69, 9.17) is 0 Å². The predicted molar refractivity (Wildman–Crippen MR) is 69.2 cm³/mol. The van der Waals surface area contributed by atoms with E-state index in [-0.39, 0.29) is 5.75 Å². The monoisotopic (exact) mass is 285 g/mol. The topological polar surface area (TPSA) is 21.3 Å². The fraction of sp³-hybridized carbons (Fsp3) is 0.600. The van der Waals surface area contributed by atoms with E-state index in [9.17, 15) is 13.2 Å².